The Morgan fingerprint density at radius 1 is 1.29 bits per heavy atom. The van der Waals surface area contributed by atoms with Crippen LogP contribution in [0.25, 0.3) is 0 Å². The maximum Gasteiger partial charge on any atom is 0.409 e. The predicted octanol–water partition coefficient (Wildman–Crippen LogP) is 1.07. The van der Waals surface area contributed by atoms with E-state index in [4.69, 9.17) is 4.74 Å². The Bertz CT molecular complexity index is 612. The zero-order valence-electron chi connectivity index (χ0n) is 13.9. The second kappa shape index (κ2) is 8.28. The van der Waals surface area contributed by atoms with E-state index in [1.165, 1.54) is 0 Å². The molecular formula is C16H22N4O4. The van der Waals surface area contributed by atoms with Crippen molar-refractivity contribution in [1.29, 1.82) is 0 Å². The largest absolute Gasteiger partial charge is 0.450 e. The molecule has 0 aliphatic carbocycles. The minimum Gasteiger partial charge on any atom is -0.450 e. The molecule has 1 aliphatic rings. The van der Waals surface area contributed by atoms with E-state index in [2.05, 4.69) is 15.6 Å². The fourth-order valence-electron chi connectivity index (χ4n) is 2.45. The van der Waals surface area contributed by atoms with Crippen molar-refractivity contribution >= 4 is 23.7 Å². The van der Waals surface area contributed by atoms with Gasteiger partial charge < -0.3 is 20.3 Å². The summed E-state index contributed by atoms with van der Waals surface area (Å²) in [7, 11) is 0. The molecule has 2 heterocycles. The maximum absolute atomic E-state index is 12.0. The van der Waals surface area contributed by atoms with Crippen LogP contribution in [0.1, 0.15) is 25.3 Å². The number of piperidine rings is 1. The lowest BCUT2D eigenvalue weighted by Gasteiger charge is -2.31. The second-order valence-electron chi connectivity index (χ2n) is 5.61. The molecule has 1 saturated heterocycles. The molecule has 2 N–H and O–H groups in total. The van der Waals surface area contributed by atoms with Gasteiger partial charge in [0.15, 0.2) is 0 Å². The van der Waals surface area contributed by atoms with Gasteiger partial charge in [-0.1, -0.05) is 0 Å². The number of pyridine rings is 1. The van der Waals surface area contributed by atoms with Gasteiger partial charge in [0.05, 0.1) is 6.61 Å². The first kappa shape index (κ1) is 17.7. The summed E-state index contributed by atoms with van der Waals surface area (Å²) < 4.78 is 4.94. The van der Waals surface area contributed by atoms with Gasteiger partial charge in [-0.3, -0.25) is 9.59 Å². The lowest BCUT2D eigenvalue weighted by atomic mass is 10.1. The standard InChI is InChI=1S/C16H22N4O4/c1-3-24-16(23)20-8-5-12(6-9-20)18-14(21)15(22)19-13-10-11(2)4-7-17-13/h4,7,10,12H,3,5-6,8-9H2,1-2H3,(H,18,21)(H,17,19,22). The SMILES string of the molecule is CCOC(=O)N1CCC(NC(=O)C(=O)Nc2cc(C)ccn2)CC1. The van der Waals surface area contributed by atoms with Crippen molar-refractivity contribution in [3.8, 4) is 0 Å². The summed E-state index contributed by atoms with van der Waals surface area (Å²) in [6.07, 6.45) is 2.39. The van der Waals surface area contributed by atoms with Crippen molar-refractivity contribution in [1.82, 2.24) is 15.2 Å². The number of aryl methyl sites for hydroxylation is 1. The highest BCUT2D eigenvalue weighted by atomic mass is 16.6. The van der Waals surface area contributed by atoms with Crippen LogP contribution in [0.3, 0.4) is 0 Å². The van der Waals surface area contributed by atoms with Crippen molar-refractivity contribution in [2.24, 2.45) is 0 Å². The Morgan fingerprint density at radius 2 is 2.00 bits per heavy atom. The molecule has 0 radical (unpaired) electrons. The Morgan fingerprint density at radius 3 is 2.62 bits per heavy atom. The van der Waals surface area contributed by atoms with E-state index in [-0.39, 0.29) is 12.1 Å². The van der Waals surface area contributed by atoms with Gasteiger partial charge in [0.1, 0.15) is 5.82 Å². The number of nitrogens with zero attached hydrogens (tertiary/aromatic N) is 2. The van der Waals surface area contributed by atoms with Crippen molar-refractivity contribution in [3.05, 3.63) is 23.9 Å². The van der Waals surface area contributed by atoms with E-state index < -0.39 is 11.8 Å². The van der Waals surface area contributed by atoms with Gasteiger partial charge in [0, 0.05) is 25.3 Å². The van der Waals surface area contributed by atoms with Crippen LogP contribution in [-0.2, 0) is 14.3 Å². The Kier molecular flexibility index (Phi) is 6.11. The predicted molar refractivity (Wildman–Crippen MR) is 87.4 cm³/mol. The average molecular weight is 334 g/mol. The summed E-state index contributed by atoms with van der Waals surface area (Å²) in [5, 5.41) is 5.16. The number of rotatable bonds is 3. The monoisotopic (exact) mass is 334 g/mol. The normalized spacial score (nSPS) is 14.8. The van der Waals surface area contributed by atoms with E-state index in [1.807, 2.05) is 6.92 Å². The number of likely N-dealkylation sites (tertiary alicyclic amines) is 1. The van der Waals surface area contributed by atoms with Crippen LogP contribution in [0.2, 0.25) is 0 Å². The number of amides is 3. The number of aromatic nitrogens is 1. The summed E-state index contributed by atoms with van der Waals surface area (Å²) in [6.45, 7) is 4.94. The number of anilines is 1. The van der Waals surface area contributed by atoms with Crippen LogP contribution in [0.15, 0.2) is 18.3 Å². The summed E-state index contributed by atoms with van der Waals surface area (Å²) in [5.41, 5.74) is 0.937. The molecule has 130 valence electrons. The van der Waals surface area contributed by atoms with E-state index in [1.54, 1.807) is 30.2 Å². The highest BCUT2D eigenvalue weighted by molar-refractivity contribution is 6.39. The topological polar surface area (TPSA) is 101 Å². The maximum atomic E-state index is 12.0. The second-order valence-corrected chi connectivity index (χ2v) is 5.61. The molecule has 24 heavy (non-hydrogen) atoms. The Hall–Kier alpha value is -2.64. The van der Waals surface area contributed by atoms with Crippen LogP contribution in [0, 0.1) is 6.92 Å². The third-order valence-corrected chi connectivity index (χ3v) is 3.72. The zero-order valence-corrected chi connectivity index (χ0v) is 13.9. The quantitative estimate of drug-likeness (QED) is 0.805. The number of hydrogen-bond acceptors (Lipinski definition) is 5. The smallest absolute Gasteiger partial charge is 0.409 e. The van der Waals surface area contributed by atoms with Gasteiger partial charge >= 0.3 is 17.9 Å². The third-order valence-electron chi connectivity index (χ3n) is 3.72. The first-order chi connectivity index (χ1) is 11.5. The fourth-order valence-corrected chi connectivity index (χ4v) is 2.45. The van der Waals surface area contributed by atoms with Crippen LogP contribution in [0.4, 0.5) is 10.6 Å². The fraction of sp³-hybridized carbons (Fsp3) is 0.500. The number of carbonyl (C=O) groups excluding carboxylic acids is 3. The summed E-state index contributed by atoms with van der Waals surface area (Å²) in [5.74, 6) is -1.11. The van der Waals surface area contributed by atoms with E-state index in [0.717, 1.165) is 5.56 Å². The van der Waals surface area contributed by atoms with E-state index in [0.29, 0.717) is 38.4 Å². The molecule has 1 aliphatic heterocycles. The van der Waals surface area contributed by atoms with Crippen molar-refractivity contribution < 1.29 is 19.1 Å². The molecular weight excluding hydrogens is 312 g/mol. The molecule has 2 rings (SSSR count). The molecule has 3 amide bonds. The average Bonchev–Trinajstić information content (AvgIpc) is 2.55. The zero-order chi connectivity index (χ0) is 17.5. The Labute approximate surface area is 140 Å². The Balaban J connectivity index is 1.78. The molecule has 1 aromatic rings. The number of nitrogens with one attached hydrogen (secondary N) is 2. The number of ether oxygens (including phenoxy) is 1. The van der Waals surface area contributed by atoms with Crippen LogP contribution < -0.4 is 10.6 Å². The van der Waals surface area contributed by atoms with Gasteiger partial charge in [0.25, 0.3) is 0 Å². The van der Waals surface area contributed by atoms with Gasteiger partial charge in [-0.25, -0.2) is 9.78 Å². The lowest BCUT2D eigenvalue weighted by Crippen LogP contribution is -2.49. The van der Waals surface area contributed by atoms with Gasteiger partial charge in [0.2, 0.25) is 0 Å². The molecule has 0 spiro atoms. The van der Waals surface area contributed by atoms with Crippen molar-refractivity contribution in [2.45, 2.75) is 32.7 Å². The molecule has 0 bridgehead atoms. The van der Waals surface area contributed by atoms with Gasteiger partial charge in [-0.15, -0.1) is 0 Å². The van der Waals surface area contributed by atoms with Gasteiger partial charge in [-0.05, 0) is 44.4 Å². The molecule has 1 aromatic heterocycles. The molecule has 0 aromatic carbocycles. The van der Waals surface area contributed by atoms with Crippen molar-refractivity contribution in [2.75, 3.05) is 25.0 Å². The molecule has 0 atom stereocenters. The summed E-state index contributed by atoms with van der Waals surface area (Å²) >= 11 is 0. The summed E-state index contributed by atoms with van der Waals surface area (Å²) in [4.78, 5) is 41.1. The van der Waals surface area contributed by atoms with E-state index >= 15 is 0 Å². The molecule has 8 heteroatoms. The van der Waals surface area contributed by atoms with Crippen molar-refractivity contribution in [3.63, 3.8) is 0 Å². The number of hydrogen-bond donors (Lipinski definition) is 2. The minimum absolute atomic E-state index is 0.139. The molecule has 1 fully saturated rings. The highest BCUT2D eigenvalue weighted by Crippen LogP contribution is 2.12. The van der Waals surface area contributed by atoms with Gasteiger partial charge in [-0.2, -0.15) is 0 Å². The van der Waals surface area contributed by atoms with E-state index in [9.17, 15) is 14.4 Å². The highest BCUT2D eigenvalue weighted by Gasteiger charge is 2.26. The molecule has 0 unspecified atom stereocenters. The summed E-state index contributed by atoms with van der Waals surface area (Å²) in [6, 6.07) is 3.34. The first-order valence-corrected chi connectivity index (χ1v) is 7.95. The minimum atomic E-state index is -0.749. The third kappa shape index (κ3) is 4.94. The van der Waals surface area contributed by atoms with Crippen LogP contribution in [0.5, 0.6) is 0 Å². The molecule has 0 saturated carbocycles. The molecule has 8 nitrogen and oxygen atoms in total. The van der Waals surface area contributed by atoms with Crippen LogP contribution in [-0.4, -0.2) is 53.5 Å². The van der Waals surface area contributed by atoms with Crippen LogP contribution >= 0.6 is 0 Å². The first-order valence-electron chi connectivity index (χ1n) is 7.95. The number of carbonyl (C=O) groups is 3. The lowest BCUT2D eigenvalue weighted by molar-refractivity contribution is -0.136.